The largest absolute Gasteiger partial charge is 0.445 e. The molecule has 33 heavy (non-hydrogen) atoms. The summed E-state index contributed by atoms with van der Waals surface area (Å²) >= 11 is 9.97. The van der Waals surface area contributed by atoms with Crippen LogP contribution in [0.15, 0.2) is 83.3 Å². The Kier molecular flexibility index (Phi) is 8.04. The molecule has 2 atom stereocenters. The van der Waals surface area contributed by atoms with E-state index >= 15 is 0 Å². The van der Waals surface area contributed by atoms with Crippen LogP contribution in [0.4, 0.5) is 4.79 Å². The summed E-state index contributed by atoms with van der Waals surface area (Å²) in [5, 5.41) is 11.6. The number of hydrogen-bond donors (Lipinski definition) is 1. The Morgan fingerprint density at radius 1 is 1.00 bits per heavy atom. The maximum absolute atomic E-state index is 12.7. The summed E-state index contributed by atoms with van der Waals surface area (Å²) in [4.78, 5) is 16.5. The number of likely N-dealkylation sites (tertiary alicyclic amines) is 1. The molecule has 0 saturated carbocycles. The fourth-order valence-electron chi connectivity index (χ4n) is 4.09. The number of aliphatic hydroxyl groups excluding tert-OH is 1. The van der Waals surface area contributed by atoms with E-state index in [1.54, 1.807) is 4.90 Å². The monoisotopic (exact) mass is 528 g/mol. The molecule has 7 heteroatoms. The minimum absolute atomic E-state index is 0.207. The van der Waals surface area contributed by atoms with Crippen molar-refractivity contribution in [1.82, 2.24) is 9.80 Å². The lowest BCUT2D eigenvalue weighted by atomic mass is 10.1. The lowest BCUT2D eigenvalue weighted by Gasteiger charge is -2.31. The summed E-state index contributed by atoms with van der Waals surface area (Å²) < 4.78 is 6.49. The molecule has 0 unspecified atom stereocenters. The van der Waals surface area contributed by atoms with Gasteiger partial charge >= 0.3 is 6.09 Å². The zero-order valence-corrected chi connectivity index (χ0v) is 20.5. The first-order chi connectivity index (χ1) is 16.0. The molecule has 1 N–H and O–H groups in total. The van der Waals surface area contributed by atoms with Crippen LogP contribution in [0.5, 0.6) is 0 Å². The number of amides is 1. The van der Waals surface area contributed by atoms with E-state index in [0.29, 0.717) is 24.7 Å². The molecule has 1 aliphatic rings. The predicted octanol–water partition coefficient (Wildman–Crippen LogP) is 5.49. The molecule has 172 valence electrons. The van der Waals surface area contributed by atoms with Crippen molar-refractivity contribution >= 4 is 33.6 Å². The second-order valence-electron chi connectivity index (χ2n) is 8.21. The van der Waals surface area contributed by atoms with Gasteiger partial charge in [-0.1, -0.05) is 88.2 Å². The normalized spacial score (nSPS) is 18.0. The molecule has 0 spiro atoms. The Balaban J connectivity index is 1.48. The van der Waals surface area contributed by atoms with Gasteiger partial charge in [-0.3, -0.25) is 4.90 Å². The van der Waals surface area contributed by atoms with Gasteiger partial charge in [0.1, 0.15) is 6.61 Å². The molecule has 1 saturated heterocycles. The highest BCUT2D eigenvalue weighted by Crippen LogP contribution is 2.25. The molecule has 1 amide bonds. The molecule has 0 aromatic heterocycles. The van der Waals surface area contributed by atoms with Crippen LogP contribution in [-0.4, -0.2) is 46.2 Å². The summed E-state index contributed by atoms with van der Waals surface area (Å²) in [6.45, 7) is 1.99. The van der Waals surface area contributed by atoms with Gasteiger partial charge in [-0.25, -0.2) is 4.79 Å². The number of hydrogen-bond acceptors (Lipinski definition) is 4. The fraction of sp³-hybridized carbons (Fsp3) is 0.269. The van der Waals surface area contributed by atoms with Crippen molar-refractivity contribution in [3.8, 4) is 0 Å². The molecule has 0 bridgehead atoms. The van der Waals surface area contributed by atoms with Gasteiger partial charge in [-0.05, 0) is 34.9 Å². The van der Waals surface area contributed by atoms with E-state index < -0.39 is 12.2 Å². The number of carbonyl (C=O) groups excluding carboxylic acids is 1. The highest BCUT2D eigenvalue weighted by molar-refractivity contribution is 9.10. The molecule has 1 aliphatic heterocycles. The van der Waals surface area contributed by atoms with Crippen LogP contribution in [0.1, 0.15) is 16.7 Å². The average molecular weight is 530 g/mol. The van der Waals surface area contributed by atoms with Gasteiger partial charge in [0.15, 0.2) is 0 Å². The number of halogens is 2. The summed E-state index contributed by atoms with van der Waals surface area (Å²) in [6, 6.07) is 25.1. The zero-order valence-electron chi connectivity index (χ0n) is 18.1. The third-order valence-corrected chi connectivity index (χ3v) is 6.66. The van der Waals surface area contributed by atoms with Crippen molar-refractivity contribution in [2.45, 2.75) is 31.8 Å². The lowest BCUT2D eigenvalue weighted by Crippen LogP contribution is -2.42. The molecule has 1 fully saturated rings. The van der Waals surface area contributed by atoms with Crippen molar-refractivity contribution in [2.75, 3.05) is 13.1 Å². The summed E-state index contributed by atoms with van der Waals surface area (Å²) in [7, 11) is 0. The summed E-state index contributed by atoms with van der Waals surface area (Å²) in [5.74, 6) is 0. The van der Waals surface area contributed by atoms with E-state index in [0.717, 1.165) is 21.2 Å². The van der Waals surface area contributed by atoms with Gasteiger partial charge in [0.2, 0.25) is 0 Å². The van der Waals surface area contributed by atoms with Gasteiger partial charge < -0.3 is 14.7 Å². The van der Waals surface area contributed by atoms with Gasteiger partial charge in [0.25, 0.3) is 0 Å². The van der Waals surface area contributed by atoms with Crippen LogP contribution < -0.4 is 0 Å². The molecule has 4 rings (SSSR count). The number of rotatable bonds is 7. The number of carbonyl (C=O) groups is 1. The summed E-state index contributed by atoms with van der Waals surface area (Å²) in [6.07, 6.45) is -1.11. The van der Waals surface area contributed by atoms with E-state index in [1.165, 1.54) is 0 Å². The van der Waals surface area contributed by atoms with Crippen LogP contribution in [0.3, 0.4) is 0 Å². The Morgan fingerprint density at radius 2 is 1.73 bits per heavy atom. The molecule has 1 heterocycles. The fourth-order valence-corrected chi connectivity index (χ4v) is 4.74. The van der Waals surface area contributed by atoms with Crippen molar-refractivity contribution in [3.63, 3.8) is 0 Å². The number of ether oxygens (including phenoxy) is 1. The van der Waals surface area contributed by atoms with Gasteiger partial charge in [0, 0.05) is 29.1 Å². The van der Waals surface area contributed by atoms with Gasteiger partial charge in [-0.15, -0.1) is 0 Å². The Morgan fingerprint density at radius 3 is 2.48 bits per heavy atom. The summed E-state index contributed by atoms with van der Waals surface area (Å²) in [5.41, 5.74) is 3.01. The number of benzene rings is 3. The minimum Gasteiger partial charge on any atom is -0.445 e. The third kappa shape index (κ3) is 6.36. The van der Waals surface area contributed by atoms with E-state index in [4.69, 9.17) is 16.3 Å². The first kappa shape index (κ1) is 23.8. The minimum atomic E-state index is -0.691. The van der Waals surface area contributed by atoms with Crippen LogP contribution in [0.2, 0.25) is 5.02 Å². The Bertz CT molecular complexity index is 1080. The first-order valence-electron chi connectivity index (χ1n) is 10.8. The van der Waals surface area contributed by atoms with Crippen molar-refractivity contribution in [1.29, 1.82) is 0 Å². The number of β-amino-alcohol motifs (C(OH)–C–C–N with tert-alkyl or cyclic N) is 1. The maximum atomic E-state index is 12.7. The predicted molar refractivity (Wildman–Crippen MR) is 133 cm³/mol. The zero-order chi connectivity index (χ0) is 23.2. The SMILES string of the molecule is O=C(OCc1ccccc1)N1C[C@@H](O)[C@H](N(Cc2cccc(Br)c2)Cc2ccccc2Cl)C1. The second kappa shape index (κ2) is 11.2. The van der Waals surface area contributed by atoms with Crippen molar-refractivity contribution in [3.05, 3.63) is 105 Å². The smallest absolute Gasteiger partial charge is 0.410 e. The van der Waals surface area contributed by atoms with E-state index in [9.17, 15) is 9.90 Å². The van der Waals surface area contributed by atoms with E-state index in [-0.39, 0.29) is 19.2 Å². The molecule has 0 radical (unpaired) electrons. The molecule has 0 aliphatic carbocycles. The quantitative estimate of drug-likeness (QED) is 0.440. The molecular weight excluding hydrogens is 504 g/mol. The molecule has 3 aromatic rings. The highest BCUT2D eigenvalue weighted by Gasteiger charge is 2.38. The lowest BCUT2D eigenvalue weighted by molar-refractivity contribution is 0.0728. The van der Waals surface area contributed by atoms with Crippen molar-refractivity contribution in [2.24, 2.45) is 0 Å². The standard InChI is InChI=1S/C26H26BrClN2O3/c27-22-11-6-9-20(13-22)14-29(15-21-10-4-5-12-23(21)28)24-16-30(17-25(24)31)26(32)33-18-19-7-2-1-3-8-19/h1-13,24-25,31H,14-18H2/t24-,25-/m1/s1. The topological polar surface area (TPSA) is 53.0 Å². The van der Waals surface area contributed by atoms with Crippen LogP contribution in [-0.2, 0) is 24.4 Å². The van der Waals surface area contributed by atoms with Gasteiger partial charge in [0.05, 0.1) is 18.7 Å². The molecule has 5 nitrogen and oxygen atoms in total. The second-order valence-corrected chi connectivity index (χ2v) is 9.53. The number of nitrogens with zero attached hydrogens (tertiary/aromatic N) is 2. The van der Waals surface area contributed by atoms with E-state index in [1.807, 2.05) is 66.7 Å². The van der Waals surface area contributed by atoms with Crippen LogP contribution in [0.25, 0.3) is 0 Å². The van der Waals surface area contributed by atoms with Gasteiger partial charge in [-0.2, -0.15) is 0 Å². The highest BCUT2D eigenvalue weighted by atomic mass is 79.9. The maximum Gasteiger partial charge on any atom is 0.410 e. The number of aliphatic hydroxyl groups is 1. The molecular formula is C26H26BrClN2O3. The Hall–Kier alpha value is -2.38. The Labute approximate surface area is 207 Å². The first-order valence-corrected chi connectivity index (χ1v) is 12.0. The van der Waals surface area contributed by atoms with Crippen LogP contribution in [0, 0.1) is 0 Å². The molecule has 3 aromatic carbocycles. The van der Waals surface area contributed by atoms with Crippen LogP contribution >= 0.6 is 27.5 Å². The third-order valence-electron chi connectivity index (χ3n) is 5.80. The van der Waals surface area contributed by atoms with Crippen molar-refractivity contribution < 1.29 is 14.6 Å². The average Bonchev–Trinajstić information content (AvgIpc) is 3.21. The van der Waals surface area contributed by atoms with E-state index in [2.05, 4.69) is 33.0 Å².